The highest BCUT2D eigenvalue weighted by Gasteiger charge is 2.20. The maximum atomic E-state index is 12.0. The average molecular weight is 526 g/mol. The van der Waals surface area contributed by atoms with Gasteiger partial charge in [0.2, 0.25) is 0 Å². The topological polar surface area (TPSA) is 84.8 Å². The van der Waals surface area contributed by atoms with Crippen LogP contribution in [0.3, 0.4) is 0 Å². The molecule has 1 unspecified atom stereocenters. The van der Waals surface area contributed by atoms with Crippen molar-refractivity contribution in [3.05, 3.63) is 15.6 Å². The van der Waals surface area contributed by atoms with Gasteiger partial charge in [-0.2, -0.15) is 0 Å². The van der Waals surface area contributed by atoms with Crippen molar-refractivity contribution in [1.29, 1.82) is 0 Å². The molecule has 0 fully saturated rings. The number of aliphatic imine (C=N–C) groups is 1. The van der Waals surface area contributed by atoms with Crippen LogP contribution in [0.25, 0.3) is 0 Å². The van der Waals surface area contributed by atoms with Gasteiger partial charge in [-0.05, 0) is 40.5 Å². The van der Waals surface area contributed by atoms with Crippen LogP contribution in [0.5, 0.6) is 0 Å². The van der Waals surface area contributed by atoms with Gasteiger partial charge in [-0.1, -0.05) is 13.3 Å². The second-order valence-electron chi connectivity index (χ2n) is 6.13. The summed E-state index contributed by atoms with van der Waals surface area (Å²) in [5.41, 5.74) is 0.702. The third kappa shape index (κ3) is 10.0. The number of nitrogens with zero attached hydrogens (tertiary/aromatic N) is 2. The maximum absolute atomic E-state index is 12.0. The third-order valence-electron chi connectivity index (χ3n) is 3.70. The van der Waals surface area contributed by atoms with Gasteiger partial charge in [-0.15, -0.1) is 35.3 Å². The van der Waals surface area contributed by atoms with E-state index in [0.29, 0.717) is 23.7 Å². The van der Waals surface area contributed by atoms with Gasteiger partial charge >= 0.3 is 5.97 Å². The number of hydrogen-bond acceptors (Lipinski definition) is 6. The van der Waals surface area contributed by atoms with Crippen LogP contribution in [0.4, 0.5) is 0 Å². The first-order chi connectivity index (χ1) is 13.0. The minimum Gasteiger partial charge on any atom is -0.462 e. The van der Waals surface area contributed by atoms with Crippen molar-refractivity contribution < 1.29 is 14.3 Å². The monoisotopic (exact) mass is 526 g/mol. The lowest BCUT2D eigenvalue weighted by Crippen LogP contribution is -2.38. The molecule has 1 aromatic heterocycles. The summed E-state index contributed by atoms with van der Waals surface area (Å²) in [6, 6.07) is -0.0597. The fraction of sp³-hybridized carbons (Fsp3) is 0.737. The van der Waals surface area contributed by atoms with Crippen molar-refractivity contribution in [3.63, 3.8) is 0 Å². The van der Waals surface area contributed by atoms with E-state index in [-0.39, 0.29) is 36.0 Å². The summed E-state index contributed by atoms with van der Waals surface area (Å²) in [6.45, 7) is 13.2. The predicted octanol–water partition coefficient (Wildman–Crippen LogP) is 4.07. The summed E-state index contributed by atoms with van der Waals surface area (Å²) < 4.78 is 10.6. The molecular weight excluding hydrogens is 491 g/mol. The summed E-state index contributed by atoms with van der Waals surface area (Å²) in [5, 5.41) is 7.43. The van der Waals surface area contributed by atoms with E-state index in [4.69, 9.17) is 9.47 Å². The highest BCUT2D eigenvalue weighted by molar-refractivity contribution is 14.0. The predicted molar refractivity (Wildman–Crippen MR) is 126 cm³/mol. The van der Waals surface area contributed by atoms with E-state index in [9.17, 15) is 4.79 Å². The Bertz CT molecular complexity index is 596. The molecule has 0 radical (unpaired) electrons. The van der Waals surface area contributed by atoms with E-state index in [1.54, 1.807) is 6.92 Å². The number of guanidine groups is 1. The number of unbranched alkanes of at least 4 members (excludes halogenated alkanes) is 1. The minimum atomic E-state index is -0.311. The Morgan fingerprint density at radius 1 is 1.25 bits per heavy atom. The summed E-state index contributed by atoms with van der Waals surface area (Å²) in [4.78, 5) is 21.6. The normalized spacial score (nSPS) is 12.2. The van der Waals surface area contributed by atoms with Crippen LogP contribution in [0.1, 0.15) is 73.4 Å². The Morgan fingerprint density at radius 3 is 2.61 bits per heavy atom. The van der Waals surface area contributed by atoms with E-state index < -0.39 is 0 Å². The fourth-order valence-electron chi connectivity index (χ4n) is 2.28. The third-order valence-corrected chi connectivity index (χ3v) is 5.02. The van der Waals surface area contributed by atoms with E-state index in [2.05, 4.69) is 27.5 Å². The van der Waals surface area contributed by atoms with Crippen molar-refractivity contribution in [1.82, 2.24) is 15.6 Å². The number of ether oxygens (including phenoxy) is 2. The first-order valence-corrected chi connectivity index (χ1v) is 10.6. The standard InChI is InChI=1S/C19H34N4O3S.HI/c1-6-9-12-25-13-10-11-21-19(20-7-2)23-15(5)17-22-14(4)16(27-17)18(24)26-8-3;/h15H,6-13H2,1-5H3,(H2,20,21,23);1H. The van der Waals surface area contributed by atoms with Crippen LogP contribution >= 0.6 is 35.3 Å². The summed E-state index contributed by atoms with van der Waals surface area (Å²) in [5.74, 6) is 0.429. The SMILES string of the molecule is CCCCOCCCN=C(NCC)NC(C)c1nc(C)c(C(=O)OCC)s1.I. The van der Waals surface area contributed by atoms with Crippen molar-refractivity contribution in [2.75, 3.05) is 32.9 Å². The molecule has 0 amide bonds. The lowest BCUT2D eigenvalue weighted by atomic mass is 10.3. The lowest BCUT2D eigenvalue weighted by Gasteiger charge is -2.16. The Morgan fingerprint density at radius 2 is 1.96 bits per heavy atom. The number of aryl methyl sites for hydroxylation is 1. The molecule has 1 aromatic rings. The first kappa shape index (κ1) is 27.1. The van der Waals surface area contributed by atoms with Crippen molar-refractivity contribution in [2.24, 2.45) is 4.99 Å². The zero-order valence-corrected chi connectivity index (χ0v) is 20.8. The highest BCUT2D eigenvalue weighted by atomic mass is 127. The van der Waals surface area contributed by atoms with E-state index >= 15 is 0 Å². The van der Waals surface area contributed by atoms with E-state index in [1.165, 1.54) is 11.3 Å². The molecule has 0 saturated carbocycles. The Balaban J connectivity index is 0.00000729. The van der Waals surface area contributed by atoms with Crippen LogP contribution in [0.15, 0.2) is 4.99 Å². The van der Waals surface area contributed by atoms with Crippen LogP contribution in [-0.4, -0.2) is 49.8 Å². The second kappa shape index (κ2) is 15.9. The molecule has 0 aromatic carbocycles. The number of nitrogens with one attached hydrogen (secondary N) is 2. The van der Waals surface area contributed by atoms with E-state index in [1.807, 2.05) is 20.8 Å². The van der Waals surface area contributed by atoms with Crippen LogP contribution in [-0.2, 0) is 9.47 Å². The quantitative estimate of drug-likeness (QED) is 0.141. The number of rotatable bonds is 12. The number of carbonyl (C=O) groups excluding carboxylic acids is 1. The lowest BCUT2D eigenvalue weighted by molar-refractivity contribution is 0.0531. The van der Waals surface area contributed by atoms with Crippen LogP contribution in [0, 0.1) is 6.92 Å². The number of aromatic nitrogens is 1. The summed E-state index contributed by atoms with van der Waals surface area (Å²) in [7, 11) is 0. The molecule has 162 valence electrons. The summed E-state index contributed by atoms with van der Waals surface area (Å²) in [6.07, 6.45) is 3.14. The minimum absolute atomic E-state index is 0. The second-order valence-corrected chi connectivity index (χ2v) is 7.16. The molecule has 2 N–H and O–H groups in total. The number of halogens is 1. The molecule has 0 bridgehead atoms. The Labute approximate surface area is 190 Å². The molecule has 28 heavy (non-hydrogen) atoms. The van der Waals surface area contributed by atoms with Gasteiger partial charge in [0, 0.05) is 26.3 Å². The van der Waals surface area contributed by atoms with Gasteiger partial charge in [0.15, 0.2) is 5.96 Å². The van der Waals surface area contributed by atoms with Crippen LogP contribution in [0.2, 0.25) is 0 Å². The van der Waals surface area contributed by atoms with Crippen LogP contribution < -0.4 is 10.6 Å². The summed E-state index contributed by atoms with van der Waals surface area (Å²) >= 11 is 1.36. The van der Waals surface area contributed by atoms with Crippen molar-refractivity contribution >= 4 is 47.2 Å². The van der Waals surface area contributed by atoms with Gasteiger partial charge in [0.1, 0.15) is 9.88 Å². The number of hydrogen-bond donors (Lipinski definition) is 2. The highest BCUT2D eigenvalue weighted by Crippen LogP contribution is 2.24. The maximum Gasteiger partial charge on any atom is 0.350 e. The Kier molecular flexibility index (Phi) is 15.4. The molecule has 0 aliphatic heterocycles. The van der Waals surface area contributed by atoms with Crippen molar-refractivity contribution in [2.45, 2.75) is 59.9 Å². The zero-order chi connectivity index (χ0) is 20.1. The molecule has 1 rings (SSSR count). The zero-order valence-electron chi connectivity index (χ0n) is 17.7. The van der Waals surface area contributed by atoms with Gasteiger partial charge in [0.25, 0.3) is 0 Å². The molecular formula is C19H35IN4O3S. The van der Waals surface area contributed by atoms with E-state index in [0.717, 1.165) is 50.0 Å². The van der Waals surface area contributed by atoms with Crippen molar-refractivity contribution in [3.8, 4) is 0 Å². The largest absolute Gasteiger partial charge is 0.462 e. The molecule has 9 heteroatoms. The van der Waals surface area contributed by atoms with Gasteiger partial charge in [-0.3, -0.25) is 4.99 Å². The van der Waals surface area contributed by atoms with Gasteiger partial charge in [0.05, 0.1) is 18.3 Å². The molecule has 0 saturated heterocycles. The number of thiazole rings is 1. The number of carbonyl (C=O) groups is 1. The molecule has 7 nitrogen and oxygen atoms in total. The smallest absolute Gasteiger partial charge is 0.350 e. The molecule has 1 atom stereocenters. The molecule has 0 spiro atoms. The fourth-order valence-corrected chi connectivity index (χ4v) is 3.24. The van der Waals surface area contributed by atoms with Gasteiger partial charge < -0.3 is 20.1 Å². The number of esters is 1. The molecule has 1 heterocycles. The Hall–Kier alpha value is -0.940. The van der Waals surface area contributed by atoms with Gasteiger partial charge in [-0.25, -0.2) is 9.78 Å². The first-order valence-electron chi connectivity index (χ1n) is 9.80. The molecule has 0 aliphatic rings. The molecule has 0 aliphatic carbocycles. The average Bonchev–Trinajstić information content (AvgIpc) is 3.03.